The Labute approximate surface area is 197 Å². The lowest BCUT2D eigenvalue weighted by Crippen LogP contribution is -2.26. The third-order valence-electron chi connectivity index (χ3n) is 5.21. The number of halogens is 4. The first-order chi connectivity index (χ1) is 16.0. The standard InChI is InChI=1S/C23H19ClF3N5O2/c1-11-5-18(28)31-12(2)16(11)10-30-22(33)20-21(23(25,26)27)32-19(34-20)7-13-3-4-17-14(6-13)8-15(24)9-29-17/h3-6,8-9H,7,10H2,1-2H3,(H2,28,31)(H,30,33). The smallest absolute Gasteiger partial charge is 0.434 e. The molecule has 0 atom stereocenters. The SMILES string of the molecule is Cc1cc(N)nc(C)c1CNC(=O)c1oc(Cc2ccc3ncc(Cl)cc3c2)nc1C(F)(F)F. The van der Waals surface area contributed by atoms with E-state index in [1.807, 2.05) is 0 Å². The summed E-state index contributed by atoms with van der Waals surface area (Å²) in [6.07, 6.45) is -3.43. The number of hydrogen-bond acceptors (Lipinski definition) is 6. The summed E-state index contributed by atoms with van der Waals surface area (Å²) < 4.78 is 46.1. The molecule has 3 heterocycles. The van der Waals surface area contributed by atoms with Gasteiger partial charge >= 0.3 is 6.18 Å². The molecule has 0 aliphatic carbocycles. The fourth-order valence-corrected chi connectivity index (χ4v) is 3.80. The molecule has 11 heteroatoms. The van der Waals surface area contributed by atoms with Crippen LogP contribution in [-0.4, -0.2) is 20.9 Å². The molecule has 3 aromatic heterocycles. The number of nitrogens with one attached hydrogen (secondary N) is 1. The molecule has 4 rings (SSSR count). The molecule has 0 unspecified atom stereocenters. The Morgan fingerprint density at radius 2 is 1.94 bits per heavy atom. The Kier molecular flexibility index (Phi) is 6.18. The van der Waals surface area contributed by atoms with E-state index in [0.29, 0.717) is 38.6 Å². The number of nitrogens with zero attached hydrogens (tertiary/aromatic N) is 3. The van der Waals surface area contributed by atoms with E-state index in [1.54, 1.807) is 44.2 Å². The second kappa shape index (κ2) is 8.94. The third-order valence-corrected chi connectivity index (χ3v) is 5.42. The van der Waals surface area contributed by atoms with Crippen LogP contribution in [0.3, 0.4) is 0 Å². The van der Waals surface area contributed by atoms with Crippen LogP contribution in [0, 0.1) is 13.8 Å². The predicted octanol–water partition coefficient (Wildman–Crippen LogP) is 5.01. The summed E-state index contributed by atoms with van der Waals surface area (Å²) in [5.74, 6) is -1.85. The zero-order valence-electron chi connectivity index (χ0n) is 18.1. The Balaban J connectivity index is 1.59. The molecule has 1 aromatic carbocycles. The van der Waals surface area contributed by atoms with Gasteiger partial charge in [-0.15, -0.1) is 0 Å². The molecule has 0 saturated carbocycles. The molecule has 0 aliphatic rings. The molecule has 0 saturated heterocycles. The van der Waals surface area contributed by atoms with Gasteiger partial charge in [-0.1, -0.05) is 17.7 Å². The van der Waals surface area contributed by atoms with Crippen LogP contribution in [0.5, 0.6) is 0 Å². The number of benzene rings is 1. The van der Waals surface area contributed by atoms with Crippen LogP contribution < -0.4 is 11.1 Å². The zero-order chi connectivity index (χ0) is 24.6. The highest BCUT2D eigenvalue weighted by molar-refractivity contribution is 6.31. The maximum absolute atomic E-state index is 13.6. The van der Waals surface area contributed by atoms with E-state index in [0.717, 1.165) is 5.56 Å². The minimum atomic E-state index is -4.87. The molecule has 34 heavy (non-hydrogen) atoms. The first-order valence-electron chi connectivity index (χ1n) is 10.1. The highest BCUT2D eigenvalue weighted by atomic mass is 35.5. The van der Waals surface area contributed by atoms with Crippen molar-refractivity contribution in [1.29, 1.82) is 0 Å². The quantitative estimate of drug-likeness (QED) is 0.408. The number of fused-ring (bicyclic) bond motifs is 1. The van der Waals surface area contributed by atoms with Crippen LogP contribution in [0.4, 0.5) is 19.0 Å². The number of carbonyl (C=O) groups excluding carboxylic acids is 1. The molecule has 0 spiro atoms. The molecule has 3 N–H and O–H groups in total. The van der Waals surface area contributed by atoms with Gasteiger partial charge in [0, 0.05) is 30.2 Å². The normalized spacial score (nSPS) is 11.7. The topological polar surface area (TPSA) is 107 Å². The first kappa shape index (κ1) is 23.5. The van der Waals surface area contributed by atoms with Crippen molar-refractivity contribution in [2.45, 2.75) is 33.0 Å². The van der Waals surface area contributed by atoms with Crippen molar-refractivity contribution in [2.75, 3.05) is 5.73 Å². The number of nitrogens with two attached hydrogens (primary N) is 1. The van der Waals surface area contributed by atoms with Gasteiger partial charge in [-0.05, 0) is 54.8 Å². The third kappa shape index (κ3) is 4.96. The van der Waals surface area contributed by atoms with E-state index >= 15 is 0 Å². The van der Waals surface area contributed by atoms with Gasteiger partial charge in [0.2, 0.25) is 5.76 Å². The van der Waals surface area contributed by atoms with Gasteiger partial charge in [0.05, 0.1) is 10.5 Å². The molecule has 0 fully saturated rings. The summed E-state index contributed by atoms with van der Waals surface area (Å²) >= 11 is 5.97. The van der Waals surface area contributed by atoms with Gasteiger partial charge in [0.1, 0.15) is 5.82 Å². The van der Waals surface area contributed by atoms with Gasteiger partial charge < -0.3 is 15.5 Å². The fourth-order valence-electron chi connectivity index (χ4n) is 3.63. The number of hydrogen-bond donors (Lipinski definition) is 2. The maximum atomic E-state index is 13.6. The molecule has 0 aliphatic heterocycles. The predicted molar refractivity (Wildman–Crippen MR) is 120 cm³/mol. The highest BCUT2D eigenvalue weighted by Gasteiger charge is 2.41. The van der Waals surface area contributed by atoms with Crippen LogP contribution >= 0.6 is 11.6 Å². The molecular formula is C23H19ClF3N5O2. The van der Waals surface area contributed by atoms with Crippen molar-refractivity contribution < 1.29 is 22.4 Å². The number of pyridine rings is 2. The summed E-state index contributed by atoms with van der Waals surface area (Å²) in [6.45, 7) is 3.42. The van der Waals surface area contributed by atoms with Crippen molar-refractivity contribution in [1.82, 2.24) is 20.3 Å². The Morgan fingerprint density at radius 3 is 2.65 bits per heavy atom. The lowest BCUT2D eigenvalue weighted by Gasteiger charge is -2.11. The van der Waals surface area contributed by atoms with E-state index in [4.69, 9.17) is 21.8 Å². The average Bonchev–Trinajstić information content (AvgIpc) is 3.17. The summed E-state index contributed by atoms with van der Waals surface area (Å²) in [5, 5.41) is 3.61. The number of oxazole rings is 1. The second-order valence-electron chi connectivity index (χ2n) is 7.75. The largest absolute Gasteiger partial charge is 0.437 e. The molecular weight excluding hydrogens is 471 g/mol. The molecule has 4 aromatic rings. The van der Waals surface area contributed by atoms with E-state index < -0.39 is 23.5 Å². The van der Waals surface area contributed by atoms with Gasteiger partial charge in [-0.25, -0.2) is 9.97 Å². The van der Waals surface area contributed by atoms with Gasteiger partial charge in [-0.3, -0.25) is 9.78 Å². The Morgan fingerprint density at radius 1 is 1.18 bits per heavy atom. The van der Waals surface area contributed by atoms with Crippen molar-refractivity contribution in [3.63, 3.8) is 0 Å². The number of amides is 1. The summed E-state index contributed by atoms with van der Waals surface area (Å²) in [7, 11) is 0. The molecule has 0 radical (unpaired) electrons. The summed E-state index contributed by atoms with van der Waals surface area (Å²) in [4.78, 5) is 24.5. The Hall–Kier alpha value is -3.66. The van der Waals surface area contributed by atoms with Crippen molar-refractivity contribution in [3.05, 3.63) is 81.3 Å². The fraction of sp³-hybridized carbons (Fsp3) is 0.217. The molecule has 1 amide bonds. The lowest BCUT2D eigenvalue weighted by molar-refractivity contribution is -0.141. The van der Waals surface area contributed by atoms with Crippen molar-refractivity contribution >= 4 is 34.2 Å². The number of anilines is 1. The minimum Gasteiger partial charge on any atom is -0.434 e. The van der Waals surface area contributed by atoms with Gasteiger partial charge in [0.15, 0.2) is 11.6 Å². The van der Waals surface area contributed by atoms with Crippen LogP contribution in [0.1, 0.15) is 44.5 Å². The molecule has 7 nitrogen and oxygen atoms in total. The second-order valence-corrected chi connectivity index (χ2v) is 8.19. The van der Waals surface area contributed by atoms with Crippen LogP contribution in [0.25, 0.3) is 10.9 Å². The van der Waals surface area contributed by atoms with Gasteiger partial charge in [-0.2, -0.15) is 13.2 Å². The summed E-state index contributed by atoms with van der Waals surface area (Å²) in [6, 6.07) is 8.45. The lowest BCUT2D eigenvalue weighted by atomic mass is 10.1. The number of alkyl halides is 3. The van der Waals surface area contributed by atoms with E-state index in [-0.39, 0.29) is 18.9 Å². The van der Waals surface area contributed by atoms with Gasteiger partial charge in [0.25, 0.3) is 5.91 Å². The number of nitrogen functional groups attached to an aromatic ring is 1. The summed E-state index contributed by atoms with van der Waals surface area (Å²) in [5.41, 5.74) is 7.59. The maximum Gasteiger partial charge on any atom is 0.437 e. The highest BCUT2D eigenvalue weighted by Crippen LogP contribution is 2.32. The number of aryl methyl sites for hydroxylation is 2. The first-order valence-corrected chi connectivity index (χ1v) is 10.5. The molecule has 0 bridgehead atoms. The van der Waals surface area contributed by atoms with Crippen LogP contribution in [0.15, 0.2) is 40.9 Å². The minimum absolute atomic E-state index is 0.0461. The van der Waals surface area contributed by atoms with Crippen molar-refractivity contribution in [2.24, 2.45) is 0 Å². The van der Waals surface area contributed by atoms with Crippen molar-refractivity contribution in [3.8, 4) is 0 Å². The number of rotatable bonds is 5. The zero-order valence-corrected chi connectivity index (χ0v) is 18.9. The van der Waals surface area contributed by atoms with E-state index in [1.165, 1.54) is 6.20 Å². The van der Waals surface area contributed by atoms with Crippen LogP contribution in [0.2, 0.25) is 5.02 Å². The Bertz CT molecular complexity index is 1380. The van der Waals surface area contributed by atoms with E-state index in [2.05, 4.69) is 20.3 Å². The van der Waals surface area contributed by atoms with E-state index in [9.17, 15) is 18.0 Å². The number of carbonyl (C=O) groups is 1. The average molecular weight is 490 g/mol. The number of aromatic nitrogens is 3. The van der Waals surface area contributed by atoms with Crippen LogP contribution in [-0.2, 0) is 19.1 Å². The molecule has 176 valence electrons. The monoisotopic (exact) mass is 489 g/mol.